The molecule has 0 unspecified atom stereocenters. The van der Waals surface area contributed by atoms with Crippen molar-refractivity contribution in [3.8, 4) is 11.1 Å². The van der Waals surface area contributed by atoms with Gasteiger partial charge in [-0.05, 0) is 124 Å². The first kappa shape index (κ1) is 38.3. The molecule has 9 aromatic carbocycles. The van der Waals surface area contributed by atoms with E-state index in [2.05, 4.69) is 266 Å². The maximum Gasteiger partial charge on any atom is 0.0714 e. The van der Waals surface area contributed by atoms with E-state index in [-0.39, 0.29) is 0 Å². The lowest BCUT2D eigenvalue weighted by atomic mass is 9.66. The second kappa shape index (κ2) is 16.6. The van der Waals surface area contributed by atoms with Gasteiger partial charge < -0.3 is 9.80 Å². The molecule has 10 rings (SSSR count). The van der Waals surface area contributed by atoms with Crippen molar-refractivity contribution in [3.63, 3.8) is 0 Å². The Morgan fingerprint density at radius 2 is 0.903 bits per heavy atom. The van der Waals surface area contributed by atoms with Gasteiger partial charge in [-0.2, -0.15) is 0 Å². The minimum atomic E-state index is -0.550. The molecule has 9 aromatic rings. The van der Waals surface area contributed by atoms with Crippen molar-refractivity contribution in [1.29, 1.82) is 0 Å². The Labute approximate surface area is 365 Å². The lowest BCUT2D eigenvalue weighted by molar-refractivity contribution is 0.761. The number of hydrogen-bond donors (Lipinski definition) is 0. The van der Waals surface area contributed by atoms with Crippen molar-refractivity contribution < 1.29 is 0 Å². The zero-order valence-corrected chi connectivity index (χ0v) is 34.8. The predicted molar refractivity (Wildman–Crippen MR) is 263 cm³/mol. The number of rotatable bonds is 11. The minimum absolute atomic E-state index is 0.550. The standard InChI is InChI=1S/C60H46N2/c1-3-20-57-54(4-2)56-42-41-53(43-58(56)60(57,47-23-9-5-10-24-47)48-25-11-6-12-26-48)61(49-27-13-7-14-28-49)51-37-33-44(34-38-51)45-35-39-52(40-36-45)62(50-29-15-8-16-30-50)59-32-19-22-46-21-17-18-31-55(46)59/h3-43H,2H2,1H3/b20-3-. The molecule has 296 valence electrons. The van der Waals surface area contributed by atoms with Gasteiger partial charge in [0, 0.05) is 33.8 Å². The lowest BCUT2D eigenvalue weighted by Gasteiger charge is -2.36. The van der Waals surface area contributed by atoms with Crippen molar-refractivity contribution in [3.05, 3.63) is 283 Å². The molecule has 2 heteroatoms. The molecule has 0 radical (unpaired) electrons. The third-order valence-corrected chi connectivity index (χ3v) is 12.2. The van der Waals surface area contributed by atoms with E-state index < -0.39 is 5.41 Å². The number of fused-ring (bicyclic) bond motifs is 2. The van der Waals surface area contributed by atoms with Crippen LogP contribution in [-0.2, 0) is 5.41 Å². The van der Waals surface area contributed by atoms with Crippen LogP contribution in [0, 0.1) is 0 Å². The van der Waals surface area contributed by atoms with Crippen LogP contribution in [0.25, 0.3) is 27.5 Å². The molecule has 2 nitrogen and oxygen atoms in total. The highest BCUT2D eigenvalue weighted by Crippen LogP contribution is 2.56. The first-order valence-corrected chi connectivity index (χ1v) is 21.3. The monoisotopic (exact) mass is 794 g/mol. The zero-order chi connectivity index (χ0) is 41.9. The van der Waals surface area contributed by atoms with Crippen LogP contribution in [-0.4, -0.2) is 0 Å². The van der Waals surface area contributed by atoms with E-state index in [0.29, 0.717) is 0 Å². The summed E-state index contributed by atoms with van der Waals surface area (Å²) in [4.78, 5) is 4.72. The normalized spacial score (nSPS) is 13.0. The van der Waals surface area contributed by atoms with Gasteiger partial charge in [0.2, 0.25) is 0 Å². The van der Waals surface area contributed by atoms with Crippen LogP contribution in [0.2, 0.25) is 0 Å². The van der Waals surface area contributed by atoms with E-state index in [9.17, 15) is 0 Å². The summed E-state index contributed by atoms with van der Waals surface area (Å²) >= 11 is 0. The fraction of sp³-hybridized carbons (Fsp3) is 0.0333. The highest BCUT2D eigenvalue weighted by atomic mass is 15.1. The molecule has 0 saturated heterocycles. The fourth-order valence-electron chi connectivity index (χ4n) is 9.51. The number of allylic oxidation sites excluding steroid dienone is 5. The maximum absolute atomic E-state index is 4.36. The Hall–Kier alpha value is -7.94. The van der Waals surface area contributed by atoms with E-state index in [1.54, 1.807) is 0 Å². The Morgan fingerprint density at radius 3 is 1.47 bits per heavy atom. The van der Waals surface area contributed by atoms with Crippen molar-refractivity contribution in [2.24, 2.45) is 0 Å². The molecule has 0 N–H and O–H groups in total. The summed E-state index contributed by atoms with van der Waals surface area (Å²) in [7, 11) is 0. The SMILES string of the molecule is C=CC1=C(/C=C\C)C(c2ccccc2)(c2ccccc2)c2cc(N(c3ccccc3)c3ccc(-c4ccc(N(c5ccccc5)c5cccc6ccccc56)cc4)cc3)ccc21. The molecule has 1 aliphatic carbocycles. The fourth-order valence-corrected chi connectivity index (χ4v) is 9.51. The van der Waals surface area contributed by atoms with Gasteiger partial charge in [0.25, 0.3) is 0 Å². The van der Waals surface area contributed by atoms with Crippen LogP contribution < -0.4 is 9.80 Å². The van der Waals surface area contributed by atoms with Crippen molar-refractivity contribution in [2.45, 2.75) is 12.3 Å². The molecule has 0 spiro atoms. The summed E-state index contributed by atoms with van der Waals surface area (Å²) in [5.74, 6) is 0. The van der Waals surface area contributed by atoms with E-state index in [4.69, 9.17) is 0 Å². The molecule has 0 atom stereocenters. The van der Waals surface area contributed by atoms with Crippen LogP contribution in [0.1, 0.15) is 29.2 Å². The molecule has 0 fully saturated rings. The Kier molecular flexibility index (Phi) is 10.3. The smallest absolute Gasteiger partial charge is 0.0714 e. The summed E-state index contributed by atoms with van der Waals surface area (Å²) in [5, 5.41) is 2.43. The zero-order valence-electron chi connectivity index (χ0n) is 34.8. The predicted octanol–water partition coefficient (Wildman–Crippen LogP) is 16.3. The summed E-state index contributed by atoms with van der Waals surface area (Å²) in [6.45, 7) is 6.46. The molecule has 62 heavy (non-hydrogen) atoms. The topological polar surface area (TPSA) is 6.48 Å². The highest BCUT2D eigenvalue weighted by Gasteiger charge is 2.46. The molecular weight excluding hydrogens is 749 g/mol. The van der Waals surface area contributed by atoms with Crippen LogP contribution in [0.5, 0.6) is 0 Å². The molecular formula is C60H46N2. The molecule has 0 amide bonds. The van der Waals surface area contributed by atoms with Gasteiger partial charge in [0.15, 0.2) is 0 Å². The van der Waals surface area contributed by atoms with Crippen molar-refractivity contribution in [1.82, 2.24) is 0 Å². The highest BCUT2D eigenvalue weighted by molar-refractivity contribution is 5.99. The Morgan fingerprint density at radius 1 is 0.435 bits per heavy atom. The van der Waals surface area contributed by atoms with Crippen LogP contribution >= 0.6 is 0 Å². The van der Waals surface area contributed by atoms with E-state index in [1.165, 1.54) is 38.6 Å². The van der Waals surface area contributed by atoms with Crippen molar-refractivity contribution >= 4 is 50.5 Å². The number of hydrogen-bond acceptors (Lipinski definition) is 2. The number of benzene rings is 9. The second-order valence-electron chi connectivity index (χ2n) is 15.7. The summed E-state index contributed by atoms with van der Waals surface area (Å²) in [6.07, 6.45) is 6.46. The first-order valence-electron chi connectivity index (χ1n) is 21.3. The molecule has 0 bridgehead atoms. The van der Waals surface area contributed by atoms with Gasteiger partial charge in [-0.3, -0.25) is 0 Å². The first-order chi connectivity index (χ1) is 30.7. The Bertz CT molecular complexity index is 3010. The van der Waals surface area contributed by atoms with Gasteiger partial charge in [-0.1, -0.05) is 189 Å². The molecule has 0 aromatic heterocycles. The van der Waals surface area contributed by atoms with Gasteiger partial charge in [-0.15, -0.1) is 0 Å². The molecule has 0 aliphatic heterocycles. The van der Waals surface area contributed by atoms with E-state index >= 15 is 0 Å². The largest absolute Gasteiger partial charge is 0.310 e. The number of para-hydroxylation sites is 2. The lowest BCUT2D eigenvalue weighted by Crippen LogP contribution is -2.29. The molecule has 1 aliphatic rings. The summed E-state index contributed by atoms with van der Waals surface area (Å²) < 4.78 is 0. The number of nitrogens with zero attached hydrogens (tertiary/aromatic N) is 2. The van der Waals surface area contributed by atoms with Gasteiger partial charge in [0.05, 0.1) is 11.1 Å². The third kappa shape index (κ3) is 6.63. The van der Waals surface area contributed by atoms with E-state index in [0.717, 1.165) is 50.8 Å². The molecule has 0 saturated carbocycles. The van der Waals surface area contributed by atoms with Crippen molar-refractivity contribution in [2.75, 3.05) is 9.80 Å². The Balaban J connectivity index is 1.06. The van der Waals surface area contributed by atoms with Gasteiger partial charge >= 0.3 is 0 Å². The summed E-state index contributed by atoms with van der Waals surface area (Å²) in [5.41, 5.74) is 15.7. The van der Waals surface area contributed by atoms with Crippen LogP contribution in [0.4, 0.5) is 34.1 Å². The van der Waals surface area contributed by atoms with E-state index in [1.807, 2.05) is 6.08 Å². The van der Waals surface area contributed by atoms with Crippen LogP contribution in [0.3, 0.4) is 0 Å². The van der Waals surface area contributed by atoms with Gasteiger partial charge in [-0.25, -0.2) is 0 Å². The molecule has 0 heterocycles. The average Bonchev–Trinajstić information content (AvgIpc) is 3.62. The number of anilines is 6. The maximum atomic E-state index is 4.36. The van der Waals surface area contributed by atoms with Gasteiger partial charge in [0.1, 0.15) is 0 Å². The summed E-state index contributed by atoms with van der Waals surface area (Å²) in [6, 6.07) is 83.2. The average molecular weight is 795 g/mol. The quantitative estimate of drug-likeness (QED) is 0.129. The third-order valence-electron chi connectivity index (χ3n) is 12.2. The second-order valence-corrected chi connectivity index (χ2v) is 15.7. The minimum Gasteiger partial charge on any atom is -0.310 e. The van der Waals surface area contributed by atoms with Crippen LogP contribution in [0.15, 0.2) is 261 Å².